The minimum atomic E-state index is -0.603. The lowest BCUT2D eigenvalue weighted by atomic mass is 10.1. The first-order chi connectivity index (χ1) is 14.4. The molecule has 3 amide bonds. The van der Waals surface area contributed by atoms with E-state index in [1.807, 2.05) is 6.92 Å². The Morgan fingerprint density at radius 2 is 1.93 bits per heavy atom. The quantitative estimate of drug-likeness (QED) is 0.618. The van der Waals surface area contributed by atoms with Gasteiger partial charge in [0.25, 0.3) is 17.1 Å². The maximum absolute atomic E-state index is 12.8. The fraction of sp³-hybridized carbons (Fsp3) is 0.190. The molecular weight excluding hydrogens is 428 g/mol. The predicted molar refractivity (Wildman–Crippen MR) is 115 cm³/mol. The number of halogens is 1. The number of amides is 3. The minimum Gasteiger partial charge on any atom is -0.490 e. The highest BCUT2D eigenvalue weighted by atomic mass is 35.5. The molecule has 1 saturated heterocycles. The van der Waals surface area contributed by atoms with E-state index >= 15 is 0 Å². The maximum Gasteiger partial charge on any atom is 0.293 e. The van der Waals surface area contributed by atoms with E-state index in [0.29, 0.717) is 39.2 Å². The molecule has 0 spiro atoms. The van der Waals surface area contributed by atoms with Crippen molar-refractivity contribution >= 4 is 46.5 Å². The van der Waals surface area contributed by atoms with Crippen molar-refractivity contribution < 1.29 is 23.9 Å². The van der Waals surface area contributed by atoms with Crippen LogP contribution < -0.4 is 15.2 Å². The lowest BCUT2D eigenvalue weighted by Crippen LogP contribution is -2.27. The van der Waals surface area contributed by atoms with Gasteiger partial charge in [0.05, 0.1) is 18.1 Å². The SMILES string of the molecule is CCOc1cc(/C=C2\SC(=O)N(Cc3ccccc3Cl)C2=O)ccc1OCC(N)=O. The Labute approximate surface area is 182 Å². The van der Waals surface area contributed by atoms with Crippen molar-refractivity contribution in [2.24, 2.45) is 5.73 Å². The van der Waals surface area contributed by atoms with Crippen LogP contribution in [0.2, 0.25) is 5.02 Å². The van der Waals surface area contributed by atoms with Gasteiger partial charge >= 0.3 is 0 Å². The van der Waals surface area contributed by atoms with E-state index in [9.17, 15) is 14.4 Å². The first kappa shape index (κ1) is 21.7. The molecule has 7 nitrogen and oxygen atoms in total. The summed E-state index contributed by atoms with van der Waals surface area (Å²) in [5, 5.41) is 0.131. The Hall–Kier alpha value is -2.97. The second kappa shape index (κ2) is 9.69. The fourth-order valence-electron chi connectivity index (χ4n) is 2.74. The molecule has 0 saturated carbocycles. The number of thioether (sulfide) groups is 1. The van der Waals surface area contributed by atoms with Crippen LogP contribution >= 0.6 is 23.4 Å². The Bertz CT molecular complexity index is 1020. The van der Waals surface area contributed by atoms with E-state index in [-0.39, 0.29) is 18.4 Å². The van der Waals surface area contributed by atoms with E-state index in [1.165, 1.54) is 0 Å². The van der Waals surface area contributed by atoms with Gasteiger partial charge in [-0.1, -0.05) is 35.9 Å². The van der Waals surface area contributed by atoms with Gasteiger partial charge in [-0.2, -0.15) is 0 Å². The highest BCUT2D eigenvalue weighted by Crippen LogP contribution is 2.36. The molecule has 0 radical (unpaired) electrons. The zero-order valence-corrected chi connectivity index (χ0v) is 17.7. The predicted octanol–water partition coefficient (Wildman–Crippen LogP) is 3.84. The molecule has 0 aromatic heterocycles. The molecule has 9 heteroatoms. The molecule has 2 N–H and O–H groups in total. The smallest absolute Gasteiger partial charge is 0.293 e. The van der Waals surface area contributed by atoms with Crippen LogP contribution in [-0.4, -0.2) is 35.2 Å². The highest BCUT2D eigenvalue weighted by Gasteiger charge is 2.35. The van der Waals surface area contributed by atoms with Crippen LogP contribution in [0.1, 0.15) is 18.1 Å². The van der Waals surface area contributed by atoms with E-state index in [4.69, 9.17) is 26.8 Å². The van der Waals surface area contributed by atoms with Crippen molar-refractivity contribution in [3.8, 4) is 11.5 Å². The number of ether oxygens (including phenoxy) is 2. The largest absolute Gasteiger partial charge is 0.490 e. The molecule has 3 rings (SSSR count). The Kier molecular flexibility index (Phi) is 7.02. The van der Waals surface area contributed by atoms with Gasteiger partial charge in [-0.05, 0) is 54.1 Å². The molecule has 0 bridgehead atoms. The van der Waals surface area contributed by atoms with E-state index in [1.54, 1.807) is 48.5 Å². The van der Waals surface area contributed by atoms with Gasteiger partial charge in [-0.25, -0.2) is 0 Å². The van der Waals surface area contributed by atoms with Crippen molar-refractivity contribution in [3.63, 3.8) is 0 Å². The Balaban J connectivity index is 1.81. The van der Waals surface area contributed by atoms with Crippen LogP contribution in [0.5, 0.6) is 11.5 Å². The summed E-state index contributed by atoms with van der Waals surface area (Å²) < 4.78 is 10.9. The van der Waals surface area contributed by atoms with Crippen LogP contribution in [0.15, 0.2) is 47.4 Å². The van der Waals surface area contributed by atoms with E-state index < -0.39 is 11.8 Å². The normalized spacial score (nSPS) is 15.0. The summed E-state index contributed by atoms with van der Waals surface area (Å²) in [6.45, 7) is 2.02. The summed E-state index contributed by atoms with van der Waals surface area (Å²) in [5.41, 5.74) is 6.45. The van der Waals surface area contributed by atoms with Crippen molar-refractivity contribution in [3.05, 3.63) is 63.5 Å². The summed E-state index contributed by atoms with van der Waals surface area (Å²) in [5.74, 6) is -0.229. The summed E-state index contributed by atoms with van der Waals surface area (Å²) in [7, 11) is 0. The highest BCUT2D eigenvalue weighted by molar-refractivity contribution is 8.18. The minimum absolute atomic E-state index is 0.103. The Morgan fingerprint density at radius 3 is 2.63 bits per heavy atom. The van der Waals surface area contributed by atoms with Crippen molar-refractivity contribution in [1.82, 2.24) is 4.90 Å². The lowest BCUT2D eigenvalue weighted by molar-refractivity contribution is -0.123. The summed E-state index contributed by atoms with van der Waals surface area (Å²) in [6.07, 6.45) is 1.61. The van der Waals surface area contributed by atoms with Crippen LogP contribution in [0.25, 0.3) is 6.08 Å². The van der Waals surface area contributed by atoms with Gasteiger partial charge < -0.3 is 15.2 Å². The number of nitrogens with zero attached hydrogens (tertiary/aromatic N) is 1. The van der Waals surface area contributed by atoms with Gasteiger partial charge in [0, 0.05) is 5.02 Å². The van der Waals surface area contributed by atoms with Crippen LogP contribution in [-0.2, 0) is 16.1 Å². The zero-order chi connectivity index (χ0) is 21.7. The summed E-state index contributed by atoms with van der Waals surface area (Å²) in [4.78, 5) is 37.5. The number of carbonyl (C=O) groups is 3. The molecule has 2 aromatic carbocycles. The molecule has 1 heterocycles. The number of nitrogens with two attached hydrogens (primary N) is 1. The van der Waals surface area contributed by atoms with Gasteiger partial charge in [-0.3, -0.25) is 19.3 Å². The number of rotatable bonds is 8. The first-order valence-corrected chi connectivity index (χ1v) is 10.2. The molecule has 30 heavy (non-hydrogen) atoms. The average Bonchev–Trinajstić information content (AvgIpc) is 2.96. The number of benzene rings is 2. The van der Waals surface area contributed by atoms with Gasteiger partial charge in [0.15, 0.2) is 18.1 Å². The van der Waals surface area contributed by atoms with Gasteiger partial charge in [0.2, 0.25) is 0 Å². The van der Waals surface area contributed by atoms with Gasteiger partial charge in [0.1, 0.15) is 0 Å². The molecular formula is C21H19ClN2O5S. The standard InChI is InChI=1S/C21H19ClN2O5S/c1-2-28-17-9-13(7-8-16(17)29-12-19(23)25)10-18-20(26)24(21(27)30-18)11-14-5-3-4-6-15(14)22/h3-10H,2,11-12H2,1H3,(H2,23,25)/b18-10-. The second-order valence-electron chi connectivity index (χ2n) is 6.25. The monoisotopic (exact) mass is 446 g/mol. The van der Waals surface area contributed by atoms with Crippen molar-refractivity contribution in [2.75, 3.05) is 13.2 Å². The number of carbonyl (C=O) groups excluding carboxylic acids is 3. The molecule has 1 aliphatic rings. The number of primary amides is 1. The molecule has 1 aliphatic heterocycles. The summed E-state index contributed by atoms with van der Waals surface area (Å²) >= 11 is 7.01. The molecule has 156 valence electrons. The third-order valence-electron chi connectivity index (χ3n) is 4.10. The van der Waals surface area contributed by atoms with Crippen molar-refractivity contribution in [2.45, 2.75) is 13.5 Å². The maximum atomic E-state index is 12.8. The molecule has 0 atom stereocenters. The van der Waals surface area contributed by atoms with Crippen LogP contribution in [0.4, 0.5) is 4.79 Å². The van der Waals surface area contributed by atoms with Crippen LogP contribution in [0, 0.1) is 0 Å². The van der Waals surface area contributed by atoms with Crippen molar-refractivity contribution in [1.29, 1.82) is 0 Å². The second-order valence-corrected chi connectivity index (χ2v) is 7.65. The molecule has 0 aliphatic carbocycles. The molecule has 2 aromatic rings. The number of imide groups is 1. The third-order valence-corrected chi connectivity index (χ3v) is 5.37. The topological polar surface area (TPSA) is 98.9 Å². The third kappa shape index (κ3) is 5.14. The van der Waals surface area contributed by atoms with Gasteiger partial charge in [-0.15, -0.1) is 0 Å². The Morgan fingerprint density at radius 1 is 1.17 bits per heavy atom. The molecule has 0 unspecified atom stereocenters. The van der Waals surface area contributed by atoms with Crippen LogP contribution in [0.3, 0.4) is 0 Å². The number of hydrogen-bond acceptors (Lipinski definition) is 6. The van der Waals surface area contributed by atoms with E-state index in [0.717, 1.165) is 16.7 Å². The van der Waals surface area contributed by atoms with E-state index in [2.05, 4.69) is 0 Å². The average molecular weight is 447 g/mol. The first-order valence-electron chi connectivity index (χ1n) is 9.05. The molecule has 1 fully saturated rings. The zero-order valence-electron chi connectivity index (χ0n) is 16.1. The summed E-state index contributed by atoms with van der Waals surface area (Å²) in [6, 6.07) is 12.0. The lowest BCUT2D eigenvalue weighted by Gasteiger charge is -2.13. The fourth-order valence-corrected chi connectivity index (χ4v) is 3.77. The number of hydrogen-bond donors (Lipinski definition) is 1.